The smallest absolute Gasteiger partial charge is 0.318 e. The second-order valence-corrected chi connectivity index (χ2v) is 8.56. The van der Waals surface area contributed by atoms with Gasteiger partial charge in [-0.3, -0.25) is 0 Å². The number of amides is 2. The summed E-state index contributed by atoms with van der Waals surface area (Å²) in [5.41, 5.74) is 5.28. The fourth-order valence-corrected chi connectivity index (χ4v) is 4.81. The molecule has 1 atom stereocenters. The van der Waals surface area contributed by atoms with Crippen molar-refractivity contribution in [2.75, 3.05) is 27.9 Å². The molecule has 1 aliphatic heterocycles. The highest BCUT2D eigenvalue weighted by Gasteiger charge is 2.34. The molecule has 0 saturated carbocycles. The molecule has 0 radical (unpaired) electrons. The van der Waals surface area contributed by atoms with Crippen LogP contribution in [-0.2, 0) is 13.0 Å². The molecule has 7 heteroatoms. The molecule has 3 aromatic carbocycles. The summed E-state index contributed by atoms with van der Waals surface area (Å²) >= 11 is 0. The summed E-state index contributed by atoms with van der Waals surface area (Å²) < 4.78 is 16.1. The molecule has 0 bridgehead atoms. The standard InChI is InChI=1S/C28H29N3O4/c1-33-20-9-7-19(8-10-20)27-26-23(24-16-22(35-3)11-12-25(24)30-26)13-14-31(27)28(32)29-17-18-5-4-6-21(15-18)34-2/h4-12,15-16,27,30H,13-14,17H2,1-3H3,(H,29,32)/t27-/m1/s1. The molecule has 1 aliphatic rings. The highest BCUT2D eigenvalue weighted by Crippen LogP contribution is 2.39. The Balaban J connectivity index is 1.49. The third-order valence-corrected chi connectivity index (χ3v) is 6.60. The second-order valence-electron chi connectivity index (χ2n) is 8.56. The predicted octanol–water partition coefficient (Wildman–Crippen LogP) is 5.05. The number of ether oxygens (including phenoxy) is 3. The highest BCUT2D eigenvalue weighted by atomic mass is 16.5. The molecule has 4 aromatic rings. The summed E-state index contributed by atoms with van der Waals surface area (Å²) in [6.07, 6.45) is 0.752. The number of carbonyl (C=O) groups excluding carboxylic acids is 1. The molecule has 2 amide bonds. The van der Waals surface area contributed by atoms with Crippen LogP contribution in [0.5, 0.6) is 17.2 Å². The molecule has 7 nitrogen and oxygen atoms in total. The molecule has 2 heterocycles. The summed E-state index contributed by atoms with van der Waals surface area (Å²) in [4.78, 5) is 19.0. The minimum atomic E-state index is -0.256. The van der Waals surface area contributed by atoms with Gasteiger partial charge in [-0.05, 0) is 65.6 Å². The van der Waals surface area contributed by atoms with Gasteiger partial charge in [0.25, 0.3) is 0 Å². The van der Waals surface area contributed by atoms with Crippen molar-refractivity contribution in [2.45, 2.75) is 19.0 Å². The Kier molecular flexibility index (Phi) is 6.23. The van der Waals surface area contributed by atoms with Crippen LogP contribution in [0.15, 0.2) is 66.7 Å². The van der Waals surface area contributed by atoms with Crippen molar-refractivity contribution >= 4 is 16.9 Å². The molecular weight excluding hydrogens is 442 g/mol. The Labute approximate surface area is 204 Å². The van der Waals surface area contributed by atoms with E-state index in [1.54, 1.807) is 21.3 Å². The number of carbonyl (C=O) groups is 1. The Morgan fingerprint density at radius 3 is 2.40 bits per heavy atom. The Hall–Kier alpha value is -4.13. The van der Waals surface area contributed by atoms with Crippen LogP contribution >= 0.6 is 0 Å². The zero-order chi connectivity index (χ0) is 24.4. The van der Waals surface area contributed by atoms with Gasteiger partial charge >= 0.3 is 6.03 Å². The molecule has 0 fully saturated rings. The number of urea groups is 1. The van der Waals surface area contributed by atoms with Gasteiger partial charge in [0.2, 0.25) is 0 Å². The van der Waals surface area contributed by atoms with Gasteiger partial charge in [0.1, 0.15) is 17.2 Å². The Bertz CT molecular complexity index is 1350. The first-order valence-electron chi connectivity index (χ1n) is 11.6. The van der Waals surface area contributed by atoms with Gasteiger partial charge < -0.3 is 29.4 Å². The predicted molar refractivity (Wildman–Crippen MR) is 135 cm³/mol. The summed E-state index contributed by atoms with van der Waals surface area (Å²) in [5.74, 6) is 2.36. The molecule has 0 saturated heterocycles. The van der Waals surface area contributed by atoms with E-state index < -0.39 is 0 Å². The third-order valence-electron chi connectivity index (χ3n) is 6.60. The van der Waals surface area contributed by atoms with E-state index in [0.29, 0.717) is 13.1 Å². The number of methoxy groups -OCH3 is 3. The molecule has 0 aliphatic carbocycles. The molecule has 35 heavy (non-hydrogen) atoms. The van der Waals surface area contributed by atoms with E-state index in [1.807, 2.05) is 65.6 Å². The van der Waals surface area contributed by atoms with Gasteiger partial charge in [-0.2, -0.15) is 0 Å². The van der Waals surface area contributed by atoms with E-state index in [0.717, 1.165) is 51.4 Å². The van der Waals surface area contributed by atoms with Crippen molar-refractivity contribution in [1.82, 2.24) is 15.2 Å². The van der Waals surface area contributed by atoms with Crippen LogP contribution < -0.4 is 19.5 Å². The summed E-state index contributed by atoms with van der Waals surface area (Å²) in [5, 5.41) is 4.23. The average Bonchev–Trinajstić information content (AvgIpc) is 3.29. The monoisotopic (exact) mass is 471 g/mol. The van der Waals surface area contributed by atoms with Gasteiger partial charge in [-0.25, -0.2) is 4.79 Å². The topological polar surface area (TPSA) is 75.8 Å². The maximum Gasteiger partial charge on any atom is 0.318 e. The van der Waals surface area contributed by atoms with Crippen molar-refractivity contribution in [2.24, 2.45) is 0 Å². The number of benzene rings is 3. The van der Waals surface area contributed by atoms with Crippen molar-refractivity contribution in [3.8, 4) is 17.2 Å². The lowest BCUT2D eigenvalue weighted by molar-refractivity contribution is 0.179. The van der Waals surface area contributed by atoms with E-state index >= 15 is 0 Å². The Morgan fingerprint density at radius 2 is 1.66 bits per heavy atom. The largest absolute Gasteiger partial charge is 0.497 e. The van der Waals surface area contributed by atoms with Crippen LogP contribution in [0.4, 0.5) is 4.79 Å². The van der Waals surface area contributed by atoms with E-state index in [1.165, 1.54) is 5.56 Å². The van der Waals surface area contributed by atoms with Crippen LogP contribution in [0.25, 0.3) is 10.9 Å². The first-order valence-corrected chi connectivity index (χ1v) is 11.6. The van der Waals surface area contributed by atoms with Crippen LogP contribution in [0.3, 0.4) is 0 Å². The summed E-state index contributed by atoms with van der Waals surface area (Å²) in [6.45, 7) is 1.01. The summed E-state index contributed by atoms with van der Waals surface area (Å²) in [6, 6.07) is 21.3. The zero-order valence-electron chi connectivity index (χ0n) is 20.1. The first-order chi connectivity index (χ1) is 17.1. The van der Waals surface area contributed by atoms with Crippen molar-refractivity contribution in [3.63, 3.8) is 0 Å². The van der Waals surface area contributed by atoms with E-state index in [4.69, 9.17) is 14.2 Å². The van der Waals surface area contributed by atoms with E-state index in [2.05, 4.69) is 16.4 Å². The van der Waals surface area contributed by atoms with Crippen LogP contribution in [0.2, 0.25) is 0 Å². The quantitative estimate of drug-likeness (QED) is 0.413. The SMILES string of the molecule is COc1ccc([C@@H]2c3[nH]c4ccc(OC)cc4c3CCN2C(=O)NCc2cccc(OC)c2)cc1. The molecule has 1 aromatic heterocycles. The fourth-order valence-electron chi connectivity index (χ4n) is 4.81. The van der Waals surface area contributed by atoms with Crippen molar-refractivity contribution in [3.05, 3.63) is 89.1 Å². The molecule has 0 unspecified atom stereocenters. The van der Waals surface area contributed by atoms with E-state index in [9.17, 15) is 4.79 Å². The molecule has 180 valence electrons. The van der Waals surface area contributed by atoms with Crippen LogP contribution in [0.1, 0.15) is 28.4 Å². The summed E-state index contributed by atoms with van der Waals surface area (Å²) in [7, 11) is 4.96. The first kappa shape index (κ1) is 22.7. The van der Waals surface area contributed by atoms with Crippen molar-refractivity contribution in [1.29, 1.82) is 0 Å². The zero-order valence-corrected chi connectivity index (χ0v) is 20.1. The van der Waals surface area contributed by atoms with Gasteiger partial charge in [-0.15, -0.1) is 0 Å². The number of rotatable bonds is 6. The van der Waals surface area contributed by atoms with Crippen LogP contribution in [0, 0.1) is 0 Å². The lowest BCUT2D eigenvalue weighted by Gasteiger charge is -2.36. The number of H-pyrrole nitrogens is 1. The number of aromatic nitrogens is 1. The van der Waals surface area contributed by atoms with Gasteiger partial charge in [-0.1, -0.05) is 24.3 Å². The molecular formula is C28H29N3O4. The lowest BCUT2D eigenvalue weighted by Crippen LogP contribution is -2.45. The van der Waals surface area contributed by atoms with E-state index in [-0.39, 0.29) is 12.1 Å². The minimum absolute atomic E-state index is 0.115. The van der Waals surface area contributed by atoms with Crippen LogP contribution in [-0.4, -0.2) is 43.8 Å². The molecule has 0 spiro atoms. The number of hydrogen-bond acceptors (Lipinski definition) is 4. The number of nitrogens with zero attached hydrogens (tertiary/aromatic N) is 1. The average molecular weight is 472 g/mol. The Morgan fingerprint density at radius 1 is 0.943 bits per heavy atom. The number of fused-ring (bicyclic) bond motifs is 3. The maximum absolute atomic E-state index is 13.5. The fraction of sp³-hybridized carbons (Fsp3) is 0.250. The third kappa shape index (κ3) is 4.37. The van der Waals surface area contributed by atoms with Crippen molar-refractivity contribution < 1.29 is 19.0 Å². The number of nitrogens with one attached hydrogen (secondary N) is 2. The lowest BCUT2D eigenvalue weighted by atomic mass is 9.92. The van der Waals surface area contributed by atoms with Gasteiger partial charge in [0.05, 0.1) is 27.4 Å². The van der Waals surface area contributed by atoms with Gasteiger partial charge in [0.15, 0.2) is 0 Å². The molecule has 2 N–H and O–H groups in total. The normalized spacial score (nSPS) is 14.9. The molecule has 5 rings (SSSR count). The second kappa shape index (κ2) is 9.62. The highest BCUT2D eigenvalue weighted by molar-refractivity contribution is 5.87. The number of hydrogen-bond donors (Lipinski definition) is 2. The minimum Gasteiger partial charge on any atom is -0.497 e. The van der Waals surface area contributed by atoms with Gasteiger partial charge in [0, 0.05) is 29.7 Å². The number of aromatic amines is 1. The maximum atomic E-state index is 13.5.